The molecule has 32 heavy (non-hydrogen) atoms. The molecule has 0 atom stereocenters. The Balaban J connectivity index is 1.47. The molecule has 3 aromatic rings. The third-order valence-electron chi connectivity index (χ3n) is 4.20. The molecule has 0 fully saturated rings. The van der Waals surface area contributed by atoms with Crippen molar-refractivity contribution >= 4 is 51.0 Å². The van der Waals surface area contributed by atoms with Gasteiger partial charge in [-0.05, 0) is 81.7 Å². The minimum Gasteiger partial charge on any atom is -0.488 e. The van der Waals surface area contributed by atoms with Gasteiger partial charge in [0.25, 0.3) is 11.6 Å². The second-order valence-corrected chi connectivity index (χ2v) is 7.85. The molecule has 0 saturated heterocycles. The Morgan fingerprint density at radius 2 is 1.84 bits per heavy atom. The predicted octanol–water partition coefficient (Wildman–Crippen LogP) is 5.15. The van der Waals surface area contributed by atoms with Gasteiger partial charge in [-0.15, -0.1) is 0 Å². The van der Waals surface area contributed by atoms with Gasteiger partial charge in [0, 0.05) is 22.8 Å². The number of nitrogens with zero attached hydrogens (tertiary/aromatic N) is 2. The number of non-ortho nitro benzene ring substituents is 1. The van der Waals surface area contributed by atoms with Gasteiger partial charge < -0.3 is 10.1 Å². The Morgan fingerprint density at radius 3 is 2.50 bits per heavy atom. The van der Waals surface area contributed by atoms with E-state index in [0.29, 0.717) is 15.2 Å². The Labute approximate surface area is 197 Å². The number of anilines is 1. The monoisotopic (exact) mass is 516 g/mol. The van der Waals surface area contributed by atoms with Crippen molar-refractivity contribution in [1.82, 2.24) is 5.43 Å². The van der Waals surface area contributed by atoms with E-state index in [1.54, 1.807) is 54.6 Å². The lowest BCUT2D eigenvalue weighted by Gasteiger charge is -2.09. The molecule has 0 unspecified atom stereocenters. The van der Waals surface area contributed by atoms with Crippen LogP contribution in [0.3, 0.4) is 0 Å². The first-order valence-corrected chi connectivity index (χ1v) is 10.5. The lowest BCUT2D eigenvalue weighted by atomic mass is 10.2. The predicted molar refractivity (Wildman–Crippen MR) is 127 cm³/mol. The zero-order valence-corrected chi connectivity index (χ0v) is 19.0. The first-order chi connectivity index (χ1) is 15.4. The highest BCUT2D eigenvalue weighted by atomic mass is 79.9. The molecule has 0 saturated carbocycles. The summed E-state index contributed by atoms with van der Waals surface area (Å²) in [6.07, 6.45) is 1.52. The molecular weight excluding hydrogens is 500 g/mol. The molecule has 164 valence electrons. The van der Waals surface area contributed by atoms with E-state index in [1.807, 2.05) is 0 Å². The molecule has 0 spiro atoms. The normalized spacial score (nSPS) is 10.7. The van der Waals surface area contributed by atoms with E-state index in [-0.39, 0.29) is 24.7 Å². The average Bonchev–Trinajstić information content (AvgIpc) is 2.78. The molecular formula is C22H18BrClN4O4. The summed E-state index contributed by atoms with van der Waals surface area (Å²) in [6.45, 7) is 0.332. The quantitative estimate of drug-likeness (QED) is 0.232. The molecule has 8 nitrogen and oxygen atoms in total. The maximum absolute atomic E-state index is 11.9. The summed E-state index contributed by atoms with van der Waals surface area (Å²) >= 11 is 9.27. The van der Waals surface area contributed by atoms with Crippen molar-refractivity contribution in [2.45, 2.75) is 6.61 Å². The number of nitro groups is 1. The summed E-state index contributed by atoms with van der Waals surface area (Å²) in [5, 5.41) is 18.3. The van der Waals surface area contributed by atoms with Crippen molar-refractivity contribution in [1.29, 1.82) is 0 Å². The van der Waals surface area contributed by atoms with Crippen LogP contribution in [0.5, 0.6) is 5.75 Å². The van der Waals surface area contributed by atoms with Gasteiger partial charge in [0.15, 0.2) is 0 Å². The van der Waals surface area contributed by atoms with Crippen LogP contribution >= 0.6 is 27.5 Å². The molecule has 0 aliphatic heterocycles. The van der Waals surface area contributed by atoms with Crippen LogP contribution in [0.2, 0.25) is 5.02 Å². The van der Waals surface area contributed by atoms with Gasteiger partial charge in [-0.2, -0.15) is 5.10 Å². The lowest BCUT2D eigenvalue weighted by Crippen LogP contribution is -2.25. The largest absolute Gasteiger partial charge is 0.488 e. The molecule has 0 bridgehead atoms. The summed E-state index contributed by atoms with van der Waals surface area (Å²) in [5.41, 5.74) is 4.83. The minimum absolute atomic E-state index is 0.0337. The molecule has 0 heterocycles. The average molecular weight is 518 g/mol. The van der Waals surface area contributed by atoms with Crippen LogP contribution < -0.4 is 15.5 Å². The molecule has 0 radical (unpaired) electrons. The number of hydrogen-bond donors (Lipinski definition) is 2. The lowest BCUT2D eigenvalue weighted by molar-refractivity contribution is -0.384. The van der Waals surface area contributed by atoms with E-state index in [1.165, 1.54) is 18.3 Å². The zero-order chi connectivity index (χ0) is 22.9. The van der Waals surface area contributed by atoms with Gasteiger partial charge in [-0.3, -0.25) is 14.9 Å². The minimum atomic E-state index is -0.444. The van der Waals surface area contributed by atoms with Gasteiger partial charge in [0.1, 0.15) is 12.4 Å². The van der Waals surface area contributed by atoms with E-state index in [4.69, 9.17) is 16.3 Å². The van der Waals surface area contributed by atoms with Gasteiger partial charge in [0.05, 0.1) is 22.2 Å². The van der Waals surface area contributed by atoms with Crippen LogP contribution in [0.25, 0.3) is 0 Å². The Morgan fingerprint density at radius 1 is 1.12 bits per heavy atom. The third kappa shape index (κ3) is 7.07. The van der Waals surface area contributed by atoms with Crippen LogP contribution in [0, 0.1) is 10.1 Å². The van der Waals surface area contributed by atoms with Crippen LogP contribution in [-0.2, 0) is 11.4 Å². The van der Waals surface area contributed by atoms with E-state index in [0.717, 1.165) is 16.8 Å². The van der Waals surface area contributed by atoms with Crippen molar-refractivity contribution in [2.24, 2.45) is 5.10 Å². The van der Waals surface area contributed by atoms with Crippen LogP contribution in [0.4, 0.5) is 11.4 Å². The molecule has 1 amide bonds. The van der Waals surface area contributed by atoms with Gasteiger partial charge in [-0.25, -0.2) is 5.43 Å². The van der Waals surface area contributed by atoms with Crippen molar-refractivity contribution < 1.29 is 14.5 Å². The highest BCUT2D eigenvalue weighted by Gasteiger charge is 2.06. The fourth-order valence-electron chi connectivity index (χ4n) is 2.56. The van der Waals surface area contributed by atoms with Crippen molar-refractivity contribution in [3.05, 3.63) is 97.5 Å². The van der Waals surface area contributed by atoms with Gasteiger partial charge >= 0.3 is 0 Å². The second kappa shape index (κ2) is 11.3. The summed E-state index contributed by atoms with van der Waals surface area (Å²) in [6, 6.07) is 18.6. The maximum atomic E-state index is 11.9. The van der Waals surface area contributed by atoms with Gasteiger partial charge in [0.2, 0.25) is 0 Å². The van der Waals surface area contributed by atoms with E-state index in [9.17, 15) is 14.9 Å². The van der Waals surface area contributed by atoms with Crippen LogP contribution in [0.15, 0.2) is 76.3 Å². The molecule has 0 aliphatic carbocycles. The topological polar surface area (TPSA) is 106 Å². The summed E-state index contributed by atoms with van der Waals surface area (Å²) in [4.78, 5) is 22.2. The summed E-state index contributed by atoms with van der Waals surface area (Å²) in [5.74, 6) is 0.315. The number of hydrogen-bond acceptors (Lipinski definition) is 6. The molecule has 2 N–H and O–H groups in total. The molecule has 3 rings (SSSR count). The number of halogens is 2. The van der Waals surface area contributed by atoms with Crippen molar-refractivity contribution in [3.63, 3.8) is 0 Å². The van der Waals surface area contributed by atoms with Crippen molar-refractivity contribution in [2.75, 3.05) is 11.9 Å². The zero-order valence-electron chi connectivity index (χ0n) is 16.6. The van der Waals surface area contributed by atoms with E-state index < -0.39 is 4.92 Å². The fraction of sp³-hybridized carbons (Fsp3) is 0.0909. The molecule has 10 heteroatoms. The first-order valence-electron chi connectivity index (χ1n) is 9.38. The summed E-state index contributed by atoms with van der Waals surface area (Å²) < 4.78 is 6.46. The number of carbonyl (C=O) groups is 1. The Kier molecular flexibility index (Phi) is 8.18. The number of nitro benzene ring substituents is 1. The molecule has 3 aromatic carbocycles. The number of ether oxygens (including phenoxy) is 1. The first kappa shape index (κ1) is 23.2. The van der Waals surface area contributed by atoms with E-state index in [2.05, 4.69) is 31.8 Å². The molecule has 0 aliphatic rings. The fourth-order valence-corrected chi connectivity index (χ4v) is 3.19. The third-order valence-corrected chi connectivity index (χ3v) is 5.07. The number of amides is 1. The number of rotatable bonds is 9. The Hall–Kier alpha value is -3.43. The second-order valence-electron chi connectivity index (χ2n) is 6.56. The highest BCUT2D eigenvalue weighted by molar-refractivity contribution is 9.10. The van der Waals surface area contributed by atoms with Gasteiger partial charge in [-0.1, -0.05) is 11.6 Å². The van der Waals surface area contributed by atoms with Crippen molar-refractivity contribution in [3.8, 4) is 5.75 Å². The van der Waals surface area contributed by atoms with E-state index >= 15 is 0 Å². The number of nitrogens with one attached hydrogen (secondary N) is 2. The number of hydrazone groups is 1. The molecule has 0 aromatic heterocycles. The SMILES string of the molecule is O=C(CNc1ccc(Cl)cc1)N/N=C\c1ccc(OCc2ccc([N+](=O)[O-])cc2)c(Br)c1. The smallest absolute Gasteiger partial charge is 0.269 e. The standard InChI is InChI=1S/C22H18BrClN4O4/c23-20-11-16(12-26-27-22(29)13-25-18-6-4-17(24)5-7-18)3-10-21(20)32-14-15-1-8-19(9-2-15)28(30)31/h1-12,25H,13-14H2,(H,27,29)/b26-12-. The number of carbonyl (C=O) groups excluding carboxylic acids is 1. The highest BCUT2D eigenvalue weighted by Crippen LogP contribution is 2.26. The van der Waals surface area contributed by atoms with Crippen LogP contribution in [0.1, 0.15) is 11.1 Å². The number of benzene rings is 3. The summed E-state index contributed by atoms with van der Waals surface area (Å²) in [7, 11) is 0. The Bertz CT molecular complexity index is 1120. The van der Waals surface area contributed by atoms with Crippen LogP contribution in [-0.4, -0.2) is 23.6 Å². The maximum Gasteiger partial charge on any atom is 0.269 e.